The average Bonchev–Trinajstić information content (AvgIpc) is 2.85. The van der Waals surface area contributed by atoms with E-state index in [1.165, 1.54) is 0 Å². The molecule has 7 nitrogen and oxygen atoms in total. The summed E-state index contributed by atoms with van der Waals surface area (Å²) >= 11 is 0. The smallest absolute Gasteiger partial charge is 0.144 e. The molecule has 0 spiro atoms. The van der Waals surface area contributed by atoms with Crippen molar-refractivity contribution in [1.29, 1.82) is 0 Å². The number of methoxy groups -OCH3 is 1. The van der Waals surface area contributed by atoms with Gasteiger partial charge in [-0.1, -0.05) is 6.92 Å². The summed E-state index contributed by atoms with van der Waals surface area (Å²) in [6, 6.07) is 1.79. The minimum absolute atomic E-state index is 0.0914. The fourth-order valence-electron chi connectivity index (χ4n) is 1.79. The van der Waals surface area contributed by atoms with Gasteiger partial charge in [0, 0.05) is 37.9 Å². The lowest BCUT2D eigenvalue weighted by Crippen LogP contribution is -2.13. The Bertz CT molecular complexity index is 553. The van der Waals surface area contributed by atoms with E-state index in [0.29, 0.717) is 18.2 Å². The van der Waals surface area contributed by atoms with Crippen LogP contribution in [0.3, 0.4) is 0 Å². The molecule has 0 fully saturated rings. The summed E-state index contributed by atoms with van der Waals surface area (Å²) in [5, 5.41) is 4.14. The van der Waals surface area contributed by atoms with Crippen LogP contribution < -0.4 is 11.3 Å². The number of nitrogens with one attached hydrogen (secondary N) is 1. The number of nitrogens with zero attached hydrogens (tertiary/aromatic N) is 4. The third-order valence-corrected chi connectivity index (χ3v) is 2.75. The van der Waals surface area contributed by atoms with Crippen molar-refractivity contribution >= 4 is 5.82 Å². The SMILES string of the molecule is COCC(C)c1nc(NN)cc(-c2cnn(C)c2)n1. The third kappa shape index (κ3) is 3.07. The van der Waals surface area contributed by atoms with E-state index in [1.807, 2.05) is 20.2 Å². The zero-order valence-corrected chi connectivity index (χ0v) is 11.3. The normalized spacial score (nSPS) is 12.4. The second-order valence-electron chi connectivity index (χ2n) is 4.40. The minimum Gasteiger partial charge on any atom is -0.384 e. The first-order valence-electron chi connectivity index (χ1n) is 5.97. The molecule has 2 rings (SSSR count). The van der Waals surface area contributed by atoms with Crippen LogP contribution in [0.5, 0.6) is 0 Å². The molecule has 0 aliphatic carbocycles. The van der Waals surface area contributed by atoms with Gasteiger partial charge in [-0.05, 0) is 0 Å². The summed E-state index contributed by atoms with van der Waals surface area (Å²) < 4.78 is 6.86. The number of aryl methyl sites for hydroxylation is 1. The molecule has 0 bridgehead atoms. The van der Waals surface area contributed by atoms with E-state index in [1.54, 1.807) is 24.1 Å². The van der Waals surface area contributed by atoms with Crippen LogP contribution in [0, 0.1) is 0 Å². The summed E-state index contributed by atoms with van der Waals surface area (Å²) in [4.78, 5) is 8.89. The highest BCUT2D eigenvalue weighted by Gasteiger charge is 2.13. The second kappa shape index (κ2) is 5.77. The molecule has 0 aliphatic heterocycles. The monoisotopic (exact) mass is 262 g/mol. The first-order valence-corrected chi connectivity index (χ1v) is 5.97. The summed E-state index contributed by atoms with van der Waals surface area (Å²) in [7, 11) is 3.52. The van der Waals surface area contributed by atoms with Crippen LogP contribution in [0.25, 0.3) is 11.3 Å². The number of nitrogen functional groups attached to an aromatic ring is 1. The van der Waals surface area contributed by atoms with E-state index < -0.39 is 0 Å². The number of hydrogen-bond donors (Lipinski definition) is 2. The Morgan fingerprint density at radius 1 is 1.47 bits per heavy atom. The van der Waals surface area contributed by atoms with Gasteiger partial charge >= 0.3 is 0 Å². The highest BCUT2D eigenvalue weighted by molar-refractivity contribution is 5.60. The van der Waals surface area contributed by atoms with Gasteiger partial charge in [0.05, 0.1) is 18.5 Å². The van der Waals surface area contributed by atoms with Gasteiger partial charge in [0.25, 0.3) is 0 Å². The predicted octanol–water partition coefficient (Wildman–Crippen LogP) is 0.913. The summed E-state index contributed by atoms with van der Waals surface area (Å²) in [5.74, 6) is 6.81. The molecule has 19 heavy (non-hydrogen) atoms. The van der Waals surface area contributed by atoms with E-state index in [2.05, 4.69) is 20.5 Å². The topological polar surface area (TPSA) is 90.9 Å². The molecular formula is C12H18N6O. The summed E-state index contributed by atoms with van der Waals surface area (Å²) in [6.45, 7) is 2.56. The van der Waals surface area contributed by atoms with Crippen molar-refractivity contribution in [3.63, 3.8) is 0 Å². The Labute approximate surface area is 111 Å². The number of nitrogens with two attached hydrogens (primary N) is 1. The average molecular weight is 262 g/mol. The molecule has 1 atom stereocenters. The zero-order chi connectivity index (χ0) is 13.8. The van der Waals surface area contributed by atoms with Gasteiger partial charge < -0.3 is 10.2 Å². The van der Waals surface area contributed by atoms with Gasteiger partial charge in [-0.15, -0.1) is 0 Å². The second-order valence-corrected chi connectivity index (χ2v) is 4.40. The Balaban J connectivity index is 2.41. The number of ether oxygens (including phenoxy) is 1. The third-order valence-electron chi connectivity index (χ3n) is 2.75. The molecule has 2 aromatic rings. The van der Waals surface area contributed by atoms with Crippen molar-refractivity contribution in [2.24, 2.45) is 12.9 Å². The molecule has 0 amide bonds. The van der Waals surface area contributed by atoms with Crippen LogP contribution in [-0.4, -0.2) is 33.5 Å². The number of hydrogen-bond acceptors (Lipinski definition) is 6. The number of hydrazine groups is 1. The fraction of sp³-hybridized carbons (Fsp3) is 0.417. The van der Waals surface area contributed by atoms with Gasteiger partial charge in [0.1, 0.15) is 11.6 Å². The van der Waals surface area contributed by atoms with Crippen LogP contribution in [0.2, 0.25) is 0 Å². The Kier molecular flexibility index (Phi) is 4.08. The maximum Gasteiger partial charge on any atom is 0.144 e. The van der Waals surface area contributed by atoms with Crippen molar-refractivity contribution in [2.45, 2.75) is 12.8 Å². The van der Waals surface area contributed by atoms with E-state index in [4.69, 9.17) is 10.6 Å². The van der Waals surface area contributed by atoms with Crippen LogP contribution in [0.1, 0.15) is 18.7 Å². The van der Waals surface area contributed by atoms with Crippen LogP contribution >= 0.6 is 0 Å². The number of aromatic nitrogens is 4. The van der Waals surface area contributed by atoms with Gasteiger partial charge in [-0.25, -0.2) is 15.8 Å². The lowest BCUT2D eigenvalue weighted by Gasteiger charge is -2.11. The summed E-state index contributed by atoms with van der Waals surface area (Å²) in [5.41, 5.74) is 4.27. The highest BCUT2D eigenvalue weighted by atomic mass is 16.5. The standard InChI is InChI=1S/C12H18N6O/c1-8(7-19-3)12-15-10(4-11(16-12)17-13)9-5-14-18(2)6-9/h4-6,8H,7,13H2,1-3H3,(H,15,16,17). The largest absolute Gasteiger partial charge is 0.384 e. The minimum atomic E-state index is 0.0914. The zero-order valence-electron chi connectivity index (χ0n) is 11.3. The molecule has 0 aliphatic rings. The molecule has 0 saturated heterocycles. The van der Waals surface area contributed by atoms with E-state index in [0.717, 1.165) is 11.3 Å². The Morgan fingerprint density at radius 3 is 2.84 bits per heavy atom. The van der Waals surface area contributed by atoms with Crippen LogP contribution in [0.15, 0.2) is 18.5 Å². The number of rotatable bonds is 5. The molecule has 2 aromatic heterocycles. The molecule has 3 N–H and O–H groups in total. The molecule has 0 aromatic carbocycles. The van der Waals surface area contributed by atoms with Crippen molar-refractivity contribution in [3.8, 4) is 11.3 Å². The molecule has 0 radical (unpaired) electrons. The van der Waals surface area contributed by atoms with E-state index in [-0.39, 0.29) is 5.92 Å². The first-order chi connectivity index (χ1) is 9.13. The van der Waals surface area contributed by atoms with E-state index in [9.17, 15) is 0 Å². The van der Waals surface area contributed by atoms with Crippen molar-refractivity contribution in [3.05, 3.63) is 24.3 Å². The molecule has 7 heteroatoms. The maximum absolute atomic E-state index is 5.45. The van der Waals surface area contributed by atoms with Crippen LogP contribution in [0.4, 0.5) is 5.82 Å². The first kappa shape index (κ1) is 13.4. The Hall–Kier alpha value is -1.99. The van der Waals surface area contributed by atoms with Gasteiger partial charge in [0.2, 0.25) is 0 Å². The summed E-state index contributed by atoms with van der Waals surface area (Å²) in [6.07, 6.45) is 3.65. The quantitative estimate of drug-likeness (QED) is 0.615. The molecule has 0 saturated carbocycles. The van der Waals surface area contributed by atoms with Crippen molar-refractivity contribution in [2.75, 3.05) is 19.1 Å². The van der Waals surface area contributed by atoms with E-state index >= 15 is 0 Å². The molecule has 102 valence electrons. The molecule has 2 heterocycles. The lowest BCUT2D eigenvalue weighted by molar-refractivity contribution is 0.181. The van der Waals surface area contributed by atoms with Gasteiger partial charge in [-0.2, -0.15) is 5.10 Å². The maximum atomic E-state index is 5.45. The Morgan fingerprint density at radius 2 is 2.26 bits per heavy atom. The van der Waals surface area contributed by atoms with Crippen molar-refractivity contribution in [1.82, 2.24) is 19.7 Å². The van der Waals surface area contributed by atoms with Crippen LogP contribution in [-0.2, 0) is 11.8 Å². The molecule has 1 unspecified atom stereocenters. The number of anilines is 1. The molecular weight excluding hydrogens is 244 g/mol. The fourth-order valence-corrected chi connectivity index (χ4v) is 1.79. The van der Waals surface area contributed by atoms with Crippen molar-refractivity contribution < 1.29 is 4.74 Å². The van der Waals surface area contributed by atoms with Gasteiger partial charge in [0.15, 0.2) is 0 Å². The van der Waals surface area contributed by atoms with Gasteiger partial charge in [-0.3, -0.25) is 4.68 Å². The predicted molar refractivity (Wildman–Crippen MR) is 72.3 cm³/mol. The lowest BCUT2D eigenvalue weighted by atomic mass is 10.1. The highest BCUT2D eigenvalue weighted by Crippen LogP contribution is 2.21.